The molecule has 0 aliphatic heterocycles. The highest BCUT2D eigenvalue weighted by Gasteiger charge is 2.18. The molecule has 0 aliphatic carbocycles. The third-order valence-corrected chi connectivity index (χ3v) is 4.82. The summed E-state index contributed by atoms with van der Waals surface area (Å²) in [5.74, 6) is -0.474. The summed E-state index contributed by atoms with van der Waals surface area (Å²) in [5.41, 5.74) is 6.76. The lowest BCUT2D eigenvalue weighted by molar-refractivity contribution is -0.126. The Kier molecular flexibility index (Phi) is 9.12. The highest BCUT2D eigenvalue weighted by atomic mass is 16.7. The number of phenols is 1. The average Bonchev–Trinajstić information content (AvgIpc) is 2.81. The van der Waals surface area contributed by atoms with Crippen LogP contribution in [0.25, 0.3) is 6.08 Å². The topological polar surface area (TPSA) is 135 Å². The minimum Gasteiger partial charge on any atom is -0.503 e. The monoisotopic (exact) mass is 453 g/mol. The van der Waals surface area contributed by atoms with Crippen LogP contribution in [-0.2, 0) is 16.0 Å². The zero-order valence-corrected chi connectivity index (χ0v) is 18.8. The van der Waals surface area contributed by atoms with Crippen LogP contribution in [0.2, 0.25) is 0 Å². The summed E-state index contributed by atoms with van der Waals surface area (Å²) in [6.07, 6.45) is 0.672. The van der Waals surface area contributed by atoms with Gasteiger partial charge in [0.05, 0.1) is 19.4 Å². The van der Waals surface area contributed by atoms with Crippen LogP contribution in [0.5, 0.6) is 17.2 Å². The number of para-hydroxylation sites is 1. The van der Waals surface area contributed by atoms with Gasteiger partial charge in [0.1, 0.15) is 17.4 Å². The summed E-state index contributed by atoms with van der Waals surface area (Å²) in [6, 6.07) is 11.9. The van der Waals surface area contributed by atoms with Crippen molar-refractivity contribution in [2.45, 2.75) is 20.3 Å². The van der Waals surface area contributed by atoms with Crippen molar-refractivity contribution in [2.75, 3.05) is 32.5 Å². The number of aromatic hydroxyl groups is 1. The second-order valence-corrected chi connectivity index (χ2v) is 6.87. The normalized spacial score (nSPS) is 10.8. The number of nitrogens with two attached hydrogens (primary N) is 1. The van der Waals surface area contributed by atoms with Gasteiger partial charge < -0.3 is 30.0 Å². The van der Waals surface area contributed by atoms with E-state index in [-0.39, 0.29) is 23.6 Å². The van der Waals surface area contributed by atoms with Crippen LogP contribution in [0.1, 0.15) is 25.0 Å². The van der Waals surface area contributed by atoms with E-state index in [0.29, 0.717) is 30.8 Å². The Morgan fingerprint density at radius 2 is 1.88 bits per heavy atom. The summed E-state index contributed by atoms with van der Waals surface area (Å²) in [7, 11) is 1.55. The van der Waals surface area contributed by atoms with E-state index in [1.165, 1.54) is 23.1 Å². The van der Waals surface area contributed by atoms with E-state index in [0.717, 1.165) is 5.56 Å². The van der Waals surface area contributed by atoms with Crippen LogP contribution in [0.15, 0.2) is 42.0 Å². The maximum atomic E-state index is 12.5. The number of methoxy groups -OCH3 is 1. The van der Waals surface area contributed by atoms with Gasteiger partial charge in [-0.05, 0) is 49.2 Å². The Hall–Kier alpha value is -4.19. The highest BCUT2D eigenvalue weighted by Crippen LogP contribution is 2.34. The minimum atomic E-state index is -1.04. The van der Waals surface area contributed by atoms with Gasteiger partial charge in [-0.15, -0.1) is 0 Å². The van der Waals surface area contributed by atoms with Gasteiger partial charge in [0.2, 0.25) is 0 Å². The number of anilines is 1. The number of nitrogens with zero attached hydrogens (tertiary/aromatic N) is 2. The zero-order chi connectivity index (χ0) is 24.4. The van der Waals surface area contributed by atoms with Crippen molar-refractivity contribution in [2.24, 2.45) is 0 Å². The molecule has 0 bridgehead atoms. The van der Waals surface area contributed by atoms with Crippen LogP contribution >= 0.6 is 0 Å². The minimum absolute atomic E-state index is 0.0198. The Balaban J connectivity index is 2.13. The smallest absolute Gasteiger partial charge is 0.503 e. The van der Waals surface area contributed by atoms with Crippen molar-refractivity contribution in [1.29, 1.82) is 5.26 Å². The maximum absolute atomic E-state index is 12.5. The van der Waals surface area contributed by atoms with Crippen LogP contribution < -0.4 is 15.2 Å². The lowest BCUT2D eigenvalue weighted by atomic mass is 10.1. The molecule has 3 N–H and O–H groups in total. The first kappa shape index (κ1) is 25.1. The lowest BCUT2D eigenvalue weighted by Crippen LogP contribution is -2.31. The summed E-state index contributed by atoms with van der Waals surface area (Å²) < 4.78 is 15.4. The molecule has 0 saturated carbocycles. The summed E-state index contributed by atoms with van der Waals surface area (Å²) >= 11 is 0. The molecule has 0 aromatic heterocycles. The Morgan fingerprint density at radius 1 is 1.18 bits per heavy atom. The van der Waals surface area contributed by atoms with Gasteiger partial charge in [-0.1, -0.05) is 18.2 Å². The molecule has 2 aromatic rings. The maximum Gasteiger partial charge on any atom is 0.513 e. The second kappa shape index (κ2) is 12.0. The predicted molar refractivity (Wildman–Crippen MR) is 123 cm³/mol. The SMILES string of the molecule is CCN(CC)C(=O)/C(C#N)=C/c1cc(N)c(O)c(OC(=O)OCCc2ccccc2OC)c1. The van der Waals surface area contributed by atoms with Gasteiger partial charge in [-0.3, -0.25) is 4.79 Å². The molecule has 9 heteroatoms. The lowest BCUT2D eigenvalue weighted by Gasteiger charge is -2.17. The molecule has 0 saturated heterocycles. The fourth-order valence-corrected chi connectivity index (χ4v) is 3.08. The number of nitrogen functional groups attached to an aromatic ring is 1. The van der Waals surface area contributed by atoms with Crippen molar-refractivity contribution < 1.29 is 28.9 Å². The molecule has 0 fully saturated rings. The number of benzene rings is 2. The molecule has 0 aliphatic rings. The molecular formula is C24H27N3O6. The number of hydrogen-bond acceptors (Lipinski definition) is 8. The standard InChI is InChI=1S/C24H27N3O6/c1-4-27(5-2)23(29)18(15-25)12-16-13-19(26)22(28)21(14-16)33-24(30)32-11-10-17-8-6-7-9-20(17)31-3/h6-9,12-14,28H,4-5,10-11,26H2,1-3H3/b18-12+. The first-order valence-corrected chi connectivity index (χ1v) is 10.3. The highest BCUT2D eigenvalue weighted by molar-refractivity contribution is 6.01. The van der Waals surface area contributed by atoms with Gasteiger partial charge >= 0.3 is 6.16 Å². The molecule has 9 nitrogen and oxygen atoms in total. The van der Waals surface area contributed by atoms with Crippen LogP contribution in [0.4, 0.5) is 10.5 Å². The van der Waals surface area contributed by atoms with Crippen molar-refractivity contribution in [3.63, 3.8) is 0 Å². The van der Waals surface area contributed by atoms with E-state index in [4.69, 9.17) is 19.9 Å². The number of amides is 1. The van der Waals surface area contributed by atoms with Crippen LogP contribution in [0.3, 0.4) is 0 Å². The van der Waals surface area contributed by atoms with Crippen molar-refractivity contribution in [3.05, 3.63) is 53.1 Å². The number of carbonyl (C=O) groups is 2. The number of carbonyl (C=O) groups excluding carboxylic acids is 2. The number of phenolic OH excluding ortho intramolecular Hbond substituents is 1. The second-order valence-electron chi connectivity index (χ2n) is 6.87. The van der Waals surface area contributed by atoms with E-state index in [1.807, 2.05) is 24.3 Å². The summed E-state index contributed by atoms with van der Waals surface area (Å²) in [6.45, 7) is 4.52. The number of nitriles is 1. The fraction of sp³-hybridized carbons (Fsp3) is 0.292. The summed E-state index contributed by atoms with van der Waals surface area (Å²) in [5, 5.41) is 19.6. The van der Waals surface area contributed by atoms with Gasteiger partial charge in [0.25, 0.3) is 5.91 Å². The fourth-order valence-electron chi connectivity index (χ4n) is 3.08. The molecule has 0 atom stereocenters. The Morgan fingerprint density at radius 3 is 2.52 bits per heavy atom. The first-order chi connectivity index (χ1) is 15.8. The van der Waals surface area contributed by atoms with Gasteiger partial charge in [0.15, 0.2) is 11.5 Å². The molecule has 2 aromatic carbocycles. The van der Waals surface area contributed by atoms with Gasteiger partial charge in [-0.2, -0.15) is 5.26 Å². The van der Waals surface area contributed by atoms with E-state index < -0.39 is 17.8 Å². The molecular weight excluding hydrogens is 426 g/mol. The molecule has 0 radical (unpaired) electrons. The number of ether oxygens (including phenoxy) is 3. The van der Waals surface area contributed by atoms with Crippen LogP contribution in [0, 0.1) is 11.3 Å². The molecule has 2 rings (SSSR count). The van der Waals surface area contributed by atoms with Crippen molar-refractivity contribution >= 4 is 23.8 Å². The quantitative estimate of drug-likeness (QED) is 0.147. The van der Waals surface area contributed by atoms with Crippen molar-refractivity contribution in [3.8, 4) is 23.3 Å². The molecule has 0 heterocycles. The summed E-state index contributed by atoms with van der Waals surface area (Å²) in [4.78, 5) is 26.1. The van der Waals surface area contributed by atoms with Gasteiger partial charge in [0, 0.05) is 19.5 Å². The largest absolute Gasteiger partial charge is 0.513 e. The first-order valence-electron chi connectivity index (χ1n) is 10.3. The van der Waals surface area contributed by atoms with E-state index >= 15 is 0 Å². The van der Waals surface area contributed by atoms with Crippen molar-refractivity contribution in [1.82, 2.24) is 4.90 Å². The average molecular weight is 453 g/mol. The number of likely N-dealkylation sites (N-methyl/N-ethyl adjacent to an activating group) is 1. The molecule has 0 spiro atoms. The molecule has 174 valence electrons. The predicted octanol–water partition coefficient (Wildman–Crippen LogP) is 3.52. The molecule has 33 heavy (non-hydrogen) atoms. The zero-order valence-electron chi connectivity index (χ0n) is 18.8. The Bertz CT molecular complexity index is 1070. The third kappa shape index (κ3) is 6.64. The van der Waals surface area contributed by atoms with E-state index in [1.54, 1.807) is 27.0 Å². The third-order valence-electron chi connectivity index (χ3n) is 4.82. The molecule has 1 amide bonds. The van der Waals surface area contributed by atoms with E-state index in [2.05, 4.69) is 0 Å². The van der Waals surface area contributed by atoms with E-state index in [9.17, 15) is 20.0 Å². The number of rotatable bonds is 9. The number of hydrogen-bond donors (Lipinski definition) is 2. The van der Waals surface area contributed by atoms with Gasteiger partial charge in [-0.25, -0.2) is 4.79 Å². The van der Waals surface area contributed by atoms with Crippen LogP contribution in [-0.4, -0.2) is 48.9 Å². The molecule has 0 unspecified atom stereocenters. The Labute approximate surface area is 192 Å².